The predicted molar refractivity (Wildman–Crippen MR) is 104 cm³/mol. The molecule has 9 heteroatoms. The van der Waals surface area contributed by atoms with Crippen molar-refractivity contribution in [1.82, 2.24) is 10.0 Å². The SMILES string of the molecule is C[C@H](OC(=O)CNS(=O)(=O)/C=C/c1ccccc1)C(=O)NCc1cccs1. The molecule has 1 aromatic heterocycles. The molecule has 1 atom stereocenters. The summed E-state index contributed by atoms with van der Waals surface area (Å²) in [5.41, 5.74) is 0.710. The van der Waals surface area contributed by atoms with Crippen LogP contribution in [-0.4, -0.2) is 32.9 Å². The molecule has 1 heterocycles. The molecular formula is C18H20N2O5S2. The quantitative estimate of drug-likeness (QED) is 0.617. The number of thiophene rings is 1. The molecule has 0 saturated heterocycles. The molecule has 1 amide bonds. The van der Waals surface area contributed by atoms with Crippen LogP contribution in [0.1, 0.15) is 17.4 Å². The number of amides is 1. The van der Waals surface area contributed by atoms with Gasteiger partial charge in [0, 0.05) is 10.3 Å². The van der Waals surface area contributed by atoms with Gasteiger partial charge in [-0.2, -0.15) is 0 Å². The van der Waals surface area contributed by atoms with Crippen LogP contribution in [0.25, 0.3) is 6.08 Å². The number of ether oxygens (including phenoxy) is 1. The van der Waals surface area contributed by atoms with Crippen molar-refractivity contribution >= 4 is 39.3 Å². The maximum Gasteiger partial charge on any atom is 0.321 e. The van der Waals surface area contributed by atoms with Gasteiger partial charge in [-0.1, -0.05) is 36.4 Å². The predicted octanol–water partition coefficient (Wildman–Crippen LogP) is 1.89. The first-order chi connectivity index (χ1) is 12.9. The lowest BCUT2D eigenvalue weighted by Gasteiger charge is -2.13. The number of carbonyl (C=O) groups is 2. The number of carbonyl (C=O) groups excluding carboxylic acids is 2. The summed E-state index contributed by atoms with van der Waals surface area (Å²) in [6.07, 6.45) is 0.385. The number of nitrogens with one attached hydrogen (secondary N) is 2. The fourth-order valence-corrected chi connectivity index (χ4v) is 3.36. The largest absolute Gasteiger partial charge is 0.452 e. The van der Waals surface area contributed by atoms with Crippen LogP contribution < -0.4 is 10.0 Å². The minimum atomic E-state index is -3.80. The topological polar surface area (TPSA) is 102 Å². The van der Waals surface area contributed by atoms with Crippen LogP contribution in [0.5, 0.6) is 0 Å². The van der Waals surface area contributed by atoms with Crippen LogP contribution in [0.2, 0.25) is 0 Å². The Morgan fingerprint density at radius 1 is 1.19 bits per heavy atom. The zero-order valence-corrected chi connectivity index (χ0v) is 16.3. The van der Waals surface area contributed by atoms with Crippen molar-refractivity contribution in [3.8, 4) is 0 Å². The van der Waals surface area contributed by atoms with Crippen molar-refractivity contribution in [3.63, 3.8) is 0 Å². The maximum atomic E-state index is 11.9. The number of hydrogen-bond donors (Lipinski definition) is 2. The maximum absolute atomic E-state index is 11.9. The second kappa shape index (κ2) is 10.0. The fourth-order valence-electron chi connectivity index (χ4n) is 1.96. The molecule has 0 radical (unpaired) electrons. The fraction of sp³-hybridized carbons (Fsp3) is 0.222. The van der Waals surface area contributed by atoms with E-state index in [0.717, 1.165) is 10.3 Å². The number of sulfonamides is 1. The number of esters is 1. The first kappa shape index (κ1) is 20.8. The highest BCUT2D eigenvalue weighted by Crippen LogP contribution is 2.07. The Morgan fingerprint density at radius 2 is 1.93 bits per heavy atom. The molecule has 0 spiro atoms. The van der Waals surface area contributed by atoms with Crippen molar-refractivity contribution < 1.29 is 22.7 Å². The summed E-state index contributed by atoms with van der Waals surface area (Å²) >= 11 is 1.50. The second-order valence-corrected chi connectivity index (χ2v) is 8.19. The zero-order valence-electron chi connectivity index (χ0n) is 14.6. The van der Waals surface area contributed by atoms with E-state index in [4.69, 9.17) is 4.74 Å². The summed E-state index contributed by atoms with van der Waals surface area (Å²) in [6, 6.07) is 12.6. The number of benzene rings is 1. The van der Waals surface area contributed by atoms with Crippen molar-refractivity contribution in [3.05, 3.63) is 63.7 Å². The zero-order chi connectivity index (χ0) is 19.7. The van der Waals surface area contributed by atoms with Crippen LogP contribution in [0.4, 0.5) is 0 Å². The summed E-state index contributed by atoms with van der Waals surface area (Å²) in [5.74, 6) is -1.30. The highest BCUT2D eigenvalue weighted by molar-refractivity contribution is 7.92. The van der Waals surface area contributed by atoms with E-state index in [1.807, 2.05) is 23.6 Å². The molecule has 0 aliphatic carbocycles. The average Bonchev–Trinajstić information content (AvgIpc) is 3.17. The van der Waals surface area contributed by atoms with Crippen LogP contribution in [0.3, 0.4) is 0 Å². The molecule has 1 aromatic carbocycles. The van der Waals surface area contributed by atoms with E-state index in [-0.39, 0.29) is 0 Å². The van der Waals surface area contributed by atoms with Gasteiger partial charge < -0.3 is 10.1 Å². The average molecular weight is 409 g/mol. The first-order valence-electron chi connectivity index (χ1n) is 8.08. The van der Waals surface area contributed by atoms with Gasteiger partial charge in [0.1, 0.15) is 6.54 Å². The van der Waals surface area contributed by atoms with Gasteiger partial charge in [-0.3, -0.25) is 9.59 Å². The van der Waals surface area contributed by atoms with E-state index >= 15 is 0 Å². The van der Waals surface area contributed by atoms with Gasteiger partial charge in [0.05, 0.1) is 6.54 Å². The molecule has 2 N–H and O–H groups in total. The molecule has 2 aromatic rings. The Kier molecular flexibility index (Phi) is 7.71. The molecule has 0 unspecified atom stereocenters. The molecule has 2 rings (SSSR count). The van der Waals surface area contributed by atoms with Crippen molar-refractivity contribution in [2.45, 2.75) is 19.6 Å². The summed E-state index contributed by atoms with van der Waals surface area (Å²) in [4.78, 5) is 24.6. The third-order valence-electron chi connectivity index (χ3n) is 3.35. The number of hydrogen-bond acceptors (Lipinski definition) is 6. The van der Waals surface area contributed by atoms with E-state index in [9.17, 15) is 18.0 Å². The Bertz CT molecular complexity index is 878. The molecule has 0 fully saturated rings. The first-order valence-corrected chi connectivity index (χ1v) is 10.5. The highest BCUT2D eigenvalue weighted by Gasteiger charge is 2.18. The van der Waals surface area contributed by atoms with Gasteiger partial charge >= 0.3 is 5.97 Å². The van der Waals surface area contributed by atoms with E-state index in [1.165, 1.54) is 24.3 Å². The van der Waals surface area contributed by atoms with E-state index < -0.39 is 34.5 Å². The Balaban J connectivity index is 1.75. The molecule has 7 nitrogen and oxygen atoms in total. The lowest BCUT2D eigenvalue weighted by Crippen LogP contribution is -2.38. The van der Waals surface area contributed by atoms with Gasteiger partial charge in [0.25, 0.3) is 5.91 Å². The minimum absolute atomic E-state index is 0.343. The number of rotatable bonds is 9. The summed E-state index contributed by atoms with van der Waals surface area (Å²) < 4.78 is 30.8. The van der Waals surface area contributed by atoms with Crippen molar-refractivity contribution in [2.75, 3.05) is 6.54 Å². The monoisotopic (exact) mass is 408 g/mol. The summed E-state index contributed by atoms with van der Waals surface area (Å²) in [6.45, 7) is 1.20. The molecule has 0 bridgehead atoms. The summed E-state index contributed by atoms with van der Waals surface area (Å²) in [7, 11) is -3.80. The van der Waals surface area contributed by atoms with Gasteiger partial charge in [-0.25, -0.2) is 13.1 Å². The lowest BCUT2D eigenvalue weighted by molar-refractivity contribution is -0.153. The lowest BCUT2D eigenvalue weighted by atomic mass is 10.2. The standard InChI is InChI=1S/C18H20N2O5S2/c1-14(18(22)19-12-16-8-5-10-26-16)25-17(21)13-20-27(23,24)11-9-15-6-3-2-4-7-15/h2-11,14,20H,12-13H2,1H3,(H,19,22)/b11-9+/t14-/m0/s1. The smallest absolute Gasteiger partial charge is 0.321 e. The Labute approximate surface area is 162 Å². The van der Waals surface area contributed by atoms with Gasteiger partial charge in [0.2, 0.25) is 10.0 Å². The highest BCUT2D eigenvalue weighted by atomic mass is 32.2. The van der Waals surface area contributed by atoms with E-state index in [0.29, 0.717) is 12.1 Å². The van der Waals surface area contributed by atoms with Crippen LogP contribution in [0, 0.1) is 0 Å². The van der Waals surface area contributed by atoms with Crippen LogP contribution in [0.15, 0.2) is 53.3 Å². The minimum Gasteiger partial charge on any atom is -0.452 e. The van der Waals surface area contributed by atoms with Gasteiger partial charge in [-0.05, 0) is 30.0 Å². The summed E-state index contributed by atoms with van der Waals surface area (Å²) in [5, 5.41) is 5.50. The molecule has 0 aliphatic rings. The third-order valence-corrected chi connectivity index (χ3v) is 5.27. The van der Waals surface area contributed by atoms with Gasteiger partial charge in [0.15, 0.2) is 6.10 Å². The second-order valence-electron chi connectivity index (χ2n) is 5.51. The van der Waals surface area contributed by atoms with Crippen molar-refractivity contribution in [2.24, 2.45) is 0 Å². The van der Waals surface area contributed by atoms with Gasteiger partial charge in [-0.15, -0.1) is 11.3 Å². The molecular weight excluding hydrogens is 388 g/mol. The van der Waals surface area contributed by atoms with Crippen LogP contribution in [-0.2, 0) is 30.9 Å². The van der Waals surface area contributed by atoms with Crippen molar-refractivity contribution in [1.29, 1.82) is 0 Å². The normalized spacial score (nSPS) is 12.6. The molecule has 0 aliphatic heterocycles. The van der Waals surface area contributed by atoms with Crippen LogP contribution >= 0.6 is 11.3 Å². The Hall–Kier alpha value is -2.49. The molecule has 0 saturated carbocycles. The third kappa shape index (κ3) is 7.73. The molecule has 27 heavy (non-hydrogen) atoms. The molecule has 144 valence electrons. The Morgan fingerprint density at radius 3 is 2.59 bits per heavy atom. The van der Waals surface area contributed by atoms with E-state index in [1.54, 1.807) is 24.3 Å². The van der Waals surface area contributed by atoms with E-state index in [2.05, 4.69) is 10.0 Å².